The summed E-state index contributed by atoms with van der Waals surface area (Å²) in [7, 11) is 3.25. The van der Waals surface area contributed by atoms with Gasteiger partial charge in [0.2, 0.25) is 0 Å². The van der Waals surface area contributed by atoms with Gasteiger partial charge in [0.25, 0.3) is 0 Å². The molecular weight excluding hydrogens is 188 g/mol. The lowest BCUT2D eigenvalue weighted by atomic mass is 10.2. The van der Waals surface area contributed by atoms with E-state index in [2.05, 4.69) is 4.74 Å². The summed E-state index contributed by atoms with van der Waals surface area (Å²) in [6.07, 6.45) is 0. The second-order valence-corrected chi connectivity index (χ2v) is 2.60. The summed E-state index contributed by atoms with van der Waals surface area (Å²) in [5.74, 6) is 0.0339. The molecule has 0 spiro atoms. The van der Waals surface area contributed by atoms with Crippen molar-refractivity contribution < 1.29 is 9.53 Å². The number of methoxy groups -OCH3 is 1. The van der Waals surface area contributed by atoms with Crippen LogP contribution in [0.5, 0.6) is 0 Å². The van der Waals surface area contributed by atoms with Crippen LogP contribution in [0.1, 0.15) is 10.4 Å². The van der Waals surface area contributed by atoms with E-state index in [-0.39, 0.29) is 11.7 Å². The summed E-state index contributed by atoms with van der Waals surface area (Å²) in [5, 5.41) is 0. The second-order valence-electron chi connectivity index (χ2n) is 2.33. The maximum Gasteiger partial charge on any atom is 0.177 e. The molecule has 1 aromatic rings. The lowest BCUT2D eigenvalue weighted by molar-refractivity contribution is 0.102. The standard InChI is InChI=1S/C8H7ClO.C2H6O/c9-6-8(10)7-4-2-1-3-5-7;1-3-2/h1-5H,6H2;1-2H3. The van der Waals surface area contributed by atoms with Crippen molar-refractivity contribution >= 4 is 17.4 Å². The lowest BCUT2D eigenvalue weighted by Crippen LogP contribution is -1.98. The van der Waals surface area contributed by atoms with Crippen LogP contribution in [0.2, 0.25) is 0 Å². The van der Waals surface area contributed by atoms with Gasteiger partial charge in [-0.3, -0.25) is 4.79 Å². The van der Waals surface area contributed by atoms with Crippen molar-refractivity contribution in [2.75, 3.05) is 20.1 Å². The third-order valence-corrected chi connectivity index (χ3v) is 1.46. The van der Waals surface area contributed by atoms with Gasteiger partial charge in [-0.25, -0.2) is 0 Å². The number of hydrogen-bond donors (Lipinski definition) is 0. The van der Waals surface area contributed by atoms with Gasteiger partial charge in [0.05, 0.1) is 5.88 Å². The molecule has 0 aliphatic heterocycles. The zero-order valence-electron chi connectivity index (χ0n) is 7.79. The summed E-state index contributed by atoms with van der Waals surface area (Å²) in [4.78, 5) is 10.9. The van der Waals surface area contributed by atoms with Gasteiger partial charge in [-0.2, -0.15) is 0 Å². The quantitative estimate of drug-likeness (QED) is 0.541. The molecule has 72 valence electrons. The van der Waals surface area contributed by atoms with Crippen molar-refractivity contribution in [2.24, 2.45) is 0 Å². The Labute approximate surface area is 83.5 Å². The van der Waals surface area contributed by atoms with Crippen LogP contribution in [0.25, 0.3) is 0 Å². The van der Waals surface area contributed by atoms with Crippen molar-refractivity contribution in [1.29, 1.82) is 0 Å². The van der Waals surface area contributed by atoms with Crippen LogP contribution in [0.3, 0.4) is 0 Å². The summed E-state index contributed by atoms with van der Waals surface area (Å²) >= 11 is 5.34. The number of benzene rings is 1. The topological polar surface area (TPSA) is 26.3 Å². The maximum atomic E-state index is 10.9. The van der Waals surface area contributed by atoms with Gasteiger partial charge < -0.3 is 4.74 Å². The molecule has 0 aromatic heterocycles. The zero-order chi connectivity index (χ0) is 10.1. The van der Waals surface area contributed by atoms with Gasteiger partial charge in [-0.15, -0.1) is 11.6 Å². The van der Waals surface area contributed by atoms with Crippen molar-refractivity contribution in [3.05, 3.63) is 35.9 Å². The minimum atomic E-state index is -0.0257. The molecule has 0 aliphatic carbocycles. The average Bonchev–Trinajstić information content (AvgIpc) is 2.19. The molecule has 0 saturated carbocycles. The first-order chi connectivity index (χ1) is 6.26. The first-order valence-electron chi connectivity index (χ1n) is 3.80. The normalized spacial score (nSPS) is 8.54. The highest BCUT2D eigenvalue weighted by Crippen LogP contribution is 2.00. The largest absolute Gasteiger partial charge is 0.388 e. The third kappa shape index (κ3) is 5.39. The van der Waals surface area contributed by atoms with Crippen molar-refractivity contribution in [2.45, 2.75) is 0 Å². The van der Waals surface area contributed by atoms with Crippen LogP contribution in [0.15, 0.2) is 30.3 Å². The predicted octanol–water partition coefficient (Wildman–Crippen LogP) is 2.37. The molecule has 3 heteroatoms. The van der Waals surface area contributed by atoms with E-state index in [1.807, 2.05) is 18.2 Å². The molecule has 0 fully saturated rings. The smallest absolute Gasteiger partial charge is 0.177 e. The number of ether oxygens (including phenoxy) is 1. The molecule has 0 heterocycles. The van der Waals surface area contributed by atoms with E-state index in [9.17, 15) is 4.79 Å². The van der Waals surface area contributed by atoms with E-state index < -0.39 is 0 Å². The molecule has 0 bridgehead atoms. The molecule has 0 unspecified atom stereocenters. The van der Waals surface area contributed by atoms with Crippen LogP contribution in [0.4, 0.5) is 0 Å². The van der Waals surface area contributed by atoms with Gasteiger partial charge >= 0.3 is 0 Å². The van der Waals surface area contributed by atoms with Gasteiger partial charge in [0.15, 0.2) is 5.78 Å². The van der Waals surface area contributed by atoms with Crippen molar-refractivity contribution in [3.63, 3.8) is 0 Å². The number of carbonyl (C=O) groups is 1. The second kappa shape index (κ2) is 7.77. The van der Waals surface area contributed by atoms with Crippen LogP contribution in [-0.4, -0.2) is 25.9 Å². The maximum absolute atomic E-state index is 10.9. The van der Waals surface area contributed by atoms with Crippen LogP contribution in [-0.2, 0) is 4.74 Å². The predicted molar refractivity (Wildman–Crippen MR) is 54.4 cm³/mol. The number of halogens is 1. The lowest BCUT2D eigenvalue weighted by Gasteiger charge is -1.92. The van der Waals surface area contributed by atoms with E-state index in [0.717, 1.165) is 0 Å². The molecule has 1 aromatic carbocycles. The van der Waals surface area contributed by atoms with Crippen molar-refractivity contribution in [3.8, 4) is 0 Å². The Balaban J connectivity index is 0.000000424. The summed E-state index contributed by atoms with van der Waals surface area (Å²) in [6, 6.07) is 9.01. The minimum Gasteiger partial charge on any atom is -0.388 e. The Kier molecular flexibility index (Phi) is 7.26. The van der Waals surface area contributed by atoms with Gasteiger partial charge in [-0.1, -0.05) is 30.3 Å². The van der Waals surface area contributed by atoms with Crippen LogP contribution < -0.4 is 0 Å². The SMILES string of the molecule is COC.O=C(CCl)c1ccccc1. The van der Waals surface area contributed by atoms with Crippen LogP contribution in [0, 0.1) is 0 Å². The molecule has 0 atom stereocenters. The molecule has 0 saturated heterocycles. The number of rotatable bonds is 2. The monoisotopic (exact) mass is 200 g/mol. The summed E-state index contributed by atoms with van der Waals surface area (Å²) < 4.78 is 4.25. The summed E-state index contributed by atoms with van der Waals surface area (Å²) in [6.45, 7) is 0. The Morgan fingerprint density at radius 2 is 1.77 bits per heavy atom. The molecule has 0 N–H and O–H groups in total. The zero-order valence-corrected chi connectivity index (χ0v) is 8.54. The fourth-order valence-corrected chi connectivity index (χ4v) is 0.856. The number of hydrogen-bond acceptors (Lipinski definition) is 2. The molecule has 2 nitrogen and oxygen atoms in total. The molecular formula is C10H13ClO2. The van der Waals surface area contributed by atoms with Crippen molar-refractivity contribution in [1.82, 2.24) is 0 Å². The highest BCUT2D eigenvalue weighted by molar-refractivity contribution is 6.30. The third-order valence-electron chi connectivity index (χ3n) is 1.22. The Morgan fingerprint density at radius 1 is 1.31 bits per heavy atom. The number of carbonyl (C=O) groups excluding carboxylic acids is 1. The van der Waals surface area contributed by atoms with E-state index in [1.54, 1.807) is 26.4 Å². The fourth-order valence-electron chi connectivity index (χ4n) is 0.701. The number of alkyl halides is 1. The van der Waals surface area contributed by atoms with Gasteiger partial charge in [0, 0.05) is 19.8 Å². The van der Waals surface area contributed by atoms with Gasteiger partial charge in [0.1, 0.15) is 0 Å². The molecule has 0 radical (unpaired) electrons. The first-order valence-corrected chi connectivity index (χ1v) is 4.34. The van der Waals surface area contributed by atoms with E-state index in [0.29, 0.717) is 5.56 Å². The molecule has 1 rings (SSSR count). The fraction of sp³-hybridized carbons (Fsp3) is 0.300. The molecule has 0 aliphatic rings. The van der Waals surface area contributed by atoms with E-state index >= 15 is 0 Å². The average molecular weight is 201 g/mol. The molecule has 13 heavy (non-hydrogen) atoms. The first kappa shape index (κ1) is 12.1. The Morgan fingerprint density at radius 3 is 2.15 bits per heavy atom. The highest BCUT2D eigenvalue weighted by atomic mass is 35.5. The number of Topliss-reactive ketones (excluding diaryl/α,β-unsaturated/α-hetero) is 1. The number of ketones is 1. The molecule has 0 amide bonds. The van der Waals surface area contributed by atoms with E-state index in [1.165, 1.54) is 0 Å². The highest BCUT2D eigenvalue weighted by Gasteiger charge is 1.99. The van der Waals surface area contributed by atoms with Crippen LogP contribution >= 0.6 is 11.6 Å². The summed E-state index contributed by atoms with van der Waals surface area (Å²) in [5.41, 5.74) is 0.678. The Hall–Kier alpha value is -0.860. The minimum absolute atomic E-state index is 0.0257. The van der Waals surface area contributed by atoms with Gasteiger partial charge in [-0.05, 0) is 0 Å². The van der Waals surface area contributed by atoms with E-state index in [4.69, 9.17) is 11.6 Å². The Bertz CT molecular complexity index is 234.